The minimum absolute atomic E-state index is 0.270. The lowest BCUT2D eigenvalue weighted by Crippen LogP contribution is -2.06. The van der Waals surface area contributed by atoms with Gasteiger partial charge in [0.1, 0.15) is 11.6 Å². The number of hydrogen-bond donors (Lipinski definition) is 2. The molecular weight excluding hydrogens is 293 g/mol. The smallest absolute Gasteiger partial charge is 0.225 e. The fourth-order valence-corrected chi connectivity index (χ4v) is 2.08. The van der Waals surface area contributed by atoms with Crippen molar-refractivity contribution in [1.82, 2.24) is 15.0 Å². The second-order valence-electron chi connectivity index (χ2n) is 5.06. The number of nitrogens with zero attached hydrogens (tertiary/aromatic N) is 3. The second-order valence-corrected chi connectivity index (χ2v) is 5.06. The van der Waals surface area contributed by atoms with Gasteiger partial charge < -0.3 is 10.6 Å². The summed E-state index contributed by atoms with van der Waals surface area (Å²) in [5.74, 6) is 0.907. The summed E-state index contributed by atoms with van der Waals surface area (Å²) in [5.41, 5.74) is 2.65. The zero-order valence-electron chi connectivity index (χ0n) is 12.6. The molecule has 0 aliphatic rings. The van der Waals surface area contributed by atoms with Crippen LogP contribution in [0.15, 0.2) is 54.9 Å². The highest BCUT2D eigenvalue weighted by molar-refractivity contribution is 5.57. The SMILES string of the molecule is Cc1cc(Nc2ccc(F)cc2)nc(NCc2cccnc2)n1. The van der Waals surface area contributed by atoms with Crippen molar-refractivity contribution in [3.05, 3.63) is 71.9 Å². The molecule has 2 N–H and O–H groups in total. The third kappa shape index (κ3) is 4.23. The molecule has 2 heterocycles. The van der Waals surface area contributed by atoms with E-state index >= 15 is 0 Å². The Morgan fingerprint density at radius 2 is 1.91 bits per heavy atom. The summed E-state index contributed by atoms with van der Waals surface area (Å²) in [7, 11) is 0. The van der Waals surface area contributed by atoms with Crippen LogP contribution in [-0.4, -0.2) is 15.0 Å². The molecule has 6 heteroatoms. The molecule has 3 rings (SSSR count). The van der Waals surface area contributed by atoms with Crippen LogP contribution in [0.1, 0.15) is 11.3 Å². The molecule has 23 heavy (non-hydrogen) atoms. The van der Waals surface area contributed by atoms with E-state index in [0.717, 1.165) is 16.9 Å². The molecule has 0 aliphatic heterocycles. The second kappa shape index (κ2) is 6.83. The maximum Gasteiger partial charge on any atom is 0.225 e. The summed E-state index contributed by atoms with van der Waals surface area (Å²) < 4.78 is 12.9. The Kier molecular flexibility index (Phi) is 4.42. The standard InChI is InChI=1S/C17H16FN5/c1-12-9-16(22-15-6-4-14(18)5-7-15)23-17(21-12)20-11-13-3-2-8-19-10-13/h2-10H,11H2,1H3,(H2,20,21,22,23). The number of rotatable bonds is 5. The molecule has 3 aromatic rings. The highest BCUT2D eigenvalue weighted by atomic mass is 19.1. The van der Waals surface area contributed by atoms with Crippen LogP contribution >= 0.6 is 0 Å². The molecule has 0 amide bonds. The van der Waals surface area contributed by atoms with E-state index in [9.17, 15) is 4.39 Å². The molecule has 0 bridgehead atoms. The Bertz CT molecular complexity index is 775. The number of anilines is 3. The molecule has 2 aromatic heterocycles. The van der Waals surface area contributed by atoms with E-state index in [1.807, 2.05) is 25.1 Å². The first-order valence-electron chi connectivity index (χ1n) is 7.20. The van der Waals surface area contributed by atoms with E-state index in [1.54, 1.807) is 24.5 Å². The summed E-state index contributed by atoms with van der Waals surface area (Å²) in [5, 5.41) is 6.32. The van der Waals surface area contributed by atoms with Gasteiger partial charge in [-0.05, 0) is 42.8 Å². The zero-order chi connectivity index (χ0) is 16.1. The number of aryl methyl sites for hydroxylation is 1. The Morgan fingerprint density at radius 1 is 1.09 bits per heavy atom. The van der Waals surface area contributed by atoms with Crippen molar-refractivity contribution in [2.24, 2.45) is 0 Å². The lowest BCUT2D eigenvalue weighted by atomic mass is 10.3. The number of pyridine rings is 1. The summed E-state index contributed by atoms with van der Waals surface area (Å²) in [6, 6.07) is 11.8. The first-order valence-corrected chi connectivity index (χ1v) is 7.20. The van der Waals surface area contributed by atoms with Gasteiger partial charge in [0.15, 0.2) is 0 Å². The van der Waals surface area contributed by atoms with E-state index < -0.39 is 0 Å². The predicted molar refractivity (Wildman–Crippen MR) is 88.0 cm³/mol. The highest BCUT2D eigenvalue weighted by Gasteiger charge is 2.03. The number of hydrogen-bond acceptors (Lipinski definition) is 5. The molecule has 0 atom stereocenters. The van der Waals surface area contributed by atoms with Crippen LogP contribution in [-0.2, 0) is 6.54 Å². The zero-order valence-corrected chi connectivity index (χ0v) is 12.6. The maximum absolute atomic E-state index is 12.9. The van der Waals surface area contributed by atoms with Gasteiger partial charge in [0.2, 0.25) is 5.95 Å². The largest absolute Gasteiger partial charge is 0.350 e. The van der Waals surface area contributed by atoms with E-state index in [0.29, 0.717) is 18.3 Å². The van der Waals surface area contributed by atoms with Gasteiger partial charge in [-0.3, -0.25) is 4.98 Å². The van der Waals surface area contributed by atoms with Crippen molar-refractivity contribution < 1.29 is 4.39 Å². The fourth-order valence-electron chi connectivity index (χ4n) is 2.08. The van der Waals surface area contributed by atoms with Crippen molar-refractivity contribution in [1.29, 1.82) is 0 Å². The minimum Gasteiger partial charge on any atom is -0.350 e. The van der Waals surface area contributed by atoms with Gasteiger partial charge in [-0.2, -0.15) is 4.98 Å². The van der Waals surface area contributed by atoms with Crippen molar-refractivity contribution in [3.8, 4) is 0 Å². The molecule has 0 aliphatic carbocycles. The van der Waals surface area contributed by atoms with E-state index in [4.69, 9.17) is 0 Å². The number of benzene rings is 1. The van der Waals surface area contributed by atoms with Gasteiger partial charge >= 0.3 is 0 Å². The Morgan fingerprint density at radius 3 is 2.65 bits per heavy atom. The number of aromatic nitrogens is 3. The molecule has 0 spiro atoms. The molecule has 5 nitrogen and oxygen atoms in total. The van der Waals surface area contributed by atoms with Gasteiger partial charge in [-0.15, -0.1) is 0 Å². The van der Waals surface area contributed by atoms with Crippen LogP contribution in [0.2, 0.25) is 0 Å². The fraction of sp³-hybridized carbons (Fsp3) is 0.118. The van der Waals surface area contributed by atoms with Crippen molar-refractivity contribution >= 4 is 17.5 Å². The summed E-state index contributed by atoms with van der Waals surface area (Å²) in [6.07, 6.45) is 3.53. The van der Waals surface area contributed by atoms with Crippen LogP contribution in [0.25, 0.3) is 0 Å². The average Bonchev–Trinajstić information content (AvgIpc) is 2.56. The lowest BCUT2D eigenvalue weighted by molar-refractivity contribution is 0.628. The van der Waals surface area contributed by atoms with Crippen molar-refractivity contribution in [2.45, 2.75) is 13.5 Å². The van der Waals surface area contributed by atoms with Crippen molar-refractivity contribution in [2.75, 3.05) is 10.6 Å². The third-order valence-corrected chi connectivity index (χ3v) is 3.14. The first kappa shape index (κ1) is 14.9. The normalized spacial score (nSPS) is 10.3. The molecule has 0 saturated heterocycles. The van der Waals surface area contributed by atoms with Gasteiger partial charge in [-0.25, -0.2) is 9.37 Å². The summed E-state index contributed by atoms with van der Waals surface area (Å²) in [4.78, 5) is 12.9. The molecule has 0 unspecified atom stereocenters. The number of nitrogens with one attached hydrogen (secondary N) is 2. The Labute approximate surface area is 133 Å². The van der Waals surface area contributed by atoms with Gasteiger partial charge in [0.25, 0.3) is 0 Å². The molecule has 116 valence electrons. The van der Waals surface area contributed by atoms with Crippen LogP contribution in [0.3, 0.4) is 0 Å². The predicted octanol–water partition coefficient (Wildman–Crippen LogP) is 3.67. The third-order valence-electron chi connectivity index (χ3n) is 3.14. The van der Waals surface area contributed by atoms with Crippen LogP contribution in [0, 0.1) is 12.7 Å². The van der Waals surface area contributed by atoms with Gasteiger partial charge in [-0.1, -0.05) is 6.07 Å². The minimum atomic E-state index is -0.270. The first-order chi connectivity index (χ1) is 11.2. The van der Waals surface area contributed by atoms with Crippen LogP contribution in [0.5, 0.6) is 0 Å². The molecule has 0 saturated carbocycles. The molecular formula is C17H16FN5. The lowest BCUT2D eigenvalue weighted by Gasteiger charge is -2.10. The van der Waals surface area contributed by atoms with Crippen molar-refractivity contribution in [3.63, 3.8) is 0 Å². The Hall–Kier alpha value is -3.02. The quantitative estimate of drug-likeness (QED) is 0.753. The van der Waals surface area contributed by atoms with Crippen LogP contribution in [0.4, 0.5) is 21.8 Å². The number of halogens is 1. The highest BCUT2D eigenvalue weighted by Crippen LogP contribution is 2.17. The molecule has 1 aromatic carbocycles. The van der Waals surface area contributed by atoms with E-state index in [-0.39, 0.29) is 5.82 Å². The van der Waals surface area contributed by atoms with Gasteiger partial charge in [0.05, 0.1) is 0 Å². The molecule has 0 radical (unpaired) electrons. The molecule has 0 fully saturated rings. The Balaban J connectivity index is 1.72. The average molecular weight is 309 g/mol. The summed E-state index contributed by atoms with van der Waals surface area (Å²) >= 11 is 0. The monoisotopic (exact) mass is 309 g/mol. The summed E-state index contributed by atoms with van der Waals surface area (Å²) in [6.45, 7) is 2.49. The van der Waals surface area contributed by atoms with E-state index in [1.165, 1.54) is 12.1 Å². The van der Waals surface area contributed by atoms with Gasteiger partial charge in [0, 0.05) is 36.4 Å². The maximum atomic E-state index is 12.9. The topological polar surface area (TPSA) is 62.7 Å². The van der Waals surface area contributed by atoms with Crippen LogP contribution < -0.4 is 10.6 Å². The van der Waals surface area contributed by atoms with E-state index in [2.05, 4.69) is 25.6 Å².